The summed E-state index contributed by atoms with van der Waals surface area (Å²) in [4.78, 5) is 23.8. The van der Waals surface area contributed by atoms with Gasteiger partial charge in [0.25, 0.3) is 5.91 Å². The summed E-state index contributed by atoms with van der Waals surface area (Å²) in [6, 6.07) is -0.0603. The number of carbonyl (C=O) groups excluding carboxylic acids is 2. The molecule has 2 saturated heterocycles. The molecule has 2 atom stereocenters. The molecule has 0 aliphatic carbocycles. The predicted octanol–water partition coefficient (Wildman–Crippen LogP) is -0.267. The molecule has 0 aromatic carbocycles. The molecule has 2 rings (SSSR count). The molecular weight excluding hydrogens is 194 g/mol. The Hall–Kier alpha value is -1.10. The van der Waals surface area contributed by atoms with Gasteiger partial charge in [-0.15, -0.1) is 0 Å². The van der Waals surface area contributed by atoms with Gasteiger partial charge in [-0.05, 0) is 26.8 Å². The SMILES string of the molecule is CNC1CCC(=O)N2CC[C@@H](C)N2C1=O. The first-order chi connectivity index (χ1) is 7.15. The quantitative estimate of drug-likeness (QED) is 0.649. The van der Waals surface area contributed by atoms with Crippen molar-refractivity contribution < 1.29 is 9.59 Å². The lowest BCUT2D eigenvalue weighted by atomic mass is 10.1. The van der Waals surface area contributed by atoms with Gasteiger partial charge in [-0.3, -0.25) is 14.6 Å². The van der Waals surface area contributed by atoms with Crippen molar-refractivity contribution in [3.8, 4) is 0 Å². The van der Waals surface area contributed by atoms with E-state index < -0.39 is 0 Å². The molecule has 2 fully saturated rings. The summed E-state index contributed by atoms with van der Waals surface area (Å²) < 4.78 is 0. The van der Waals surface area contributed by atoms with Crippen LogP contribution in [0.15, 0.2) is 0 Å². The van der Waals surface area contributed by atoms with Crippen molar-refractivity contribution in [1.82, 2.24) is 15.3 Å². The van der Waals surface area contributed by atoms with Crippen LogP contribution in [0.5, 0.6) is 0 Å². The fourth-order valence-corrected chi connectivity index (χ4v) is 2.31. The Morgan fingerprint density at radius 1 is 1.33 bits per heavy atom. The molecule has 1 N–H and O–H groups in total. The minimum Gasteiger partial charge on any atom is -0.309 e. The third-order valence-corrected chi connectivity index (χ3v) is 3.24. The number of carbonyl (C=O) groups is 2. The van der Waals surface area contributed by atoms with E-state index in [-0.39, 0.29) is 23.9 Å². The van der Waals surface area contributed by atoms with Gasteiger partial charge in [0.1, 0.15) is 0 Å². The second-order valence-corrected chi connectivity index (χ2v) is 4.22. The third kappa shape index (κ3) is 1.61. The molecule has 5 nitrogen and oxygen atoms in total. The Kier molecular flexibility index (Phi) is 2.65. The number of likely N-dealkylation sites (N-methyl/N-ethyl adjacent to an activating group) is 1. The fourth-order valence-electron chi connectivity index (χ4n) is 2.31. The van der Waals surface area contributed by atoms with Crippen LogP contribution in [0.1, 0.15) is 26.2 Å². The van der Waals surface area contributed by atoms with Gasteiger partial charge in [-0.1, -0.05) is 0 Å². The van der Waals surface area contributed by atoms with Crippen molar-refractivity contribution in [1.29, 1.82) is 0 Å². The Morgan fingerprint density at radius 3 is 2.73 bits per heavy atom. The van der Waals surface area contributed by atoms with Crippen LogP contribution >= 0.6 is 0 Å². The van der Waals surface area contributed by atoms with Crippen LogP contribution in [-0.4, -0.2) is 47.5 Å². The van der Waals surface area contributed by atoms with Crippen molar-refractivity contribution in [2.75, 3.05) is 13.6 Å². The standard InChI is InChI=1S/C10H17N3O2/c1-7-5-6-12-9(14)4-3-8(11-2)10(15)13(7)12/h7-8,11H,3-6H2,1-2H3/t7-,8?/m1/s1. The molecule has 2 heterocycles. The molecule has 1 unspecified atom stereocenters. The molecule has 0 aromatic heterocycles. The number of nitrogens with zero attached hydrogens (tertiary/aromatic N) is 2. The Balaban J connectivity index is 2.26. The average molecular weight is 211 g/mol. The van der Waals surface area contributed by atoms with Gasteiger partial charge in [0.15, 0.2) is 0 Å². The molecular formula is C10H17N3O2. The highest BCUT2D eigenvalue weighted by Crippen LogP contribution is 2.24. The molecule has 2 aliphatic rings. The number of nitrogens with one attached hydrogen (secondary N) is 1. The first-order valence-electron chi connectivity index (χ1n) is 5.45. The second-order valence-electron chi connectivity index (χ2n) is 4.22. The van der Waals surface area contributed by atoms with Crippen LogP contribution in [0.3, 0.4) is 0 Å². The highest BCUT2D eigenvalue weighted by molar-refractivity contribution is 5.88. The summed E-state index contributed by atoms with van der Waals surface area (Å²) in [7, 11) is 1.77. The second kappa shape index (κ2) is 3.81. The molecule has 5 heteroatoms. The summed E-state index contributed by atoms with van der Waals surface area (Å²) in [5.74, 6) is 0.110. The van der Waals surface area contributed by atoms with Gasteiger partial charge in [-0.2, -0.15) is 0 Å². The molecule has 0 radical (unpaired) electrons. The van der Waals surface area contributed by atoms with Crippen molar-refractivity contribution in [3.05, 3.63) is 0 Å². The van der Waals surface area contributed by atoms with Crippen LogP contribution < -0.4 is 5.32 Å². The van der Waals surface area contributed by atoms with Crippen LogP contribution in [-0.2, 0) is 9.59 Å². The van der Waals surface area contributed by atoms with Crippen molar-refractivity contribution in [2.24, 2.45) is 0 Å². The van der Waals surface area contributed by atoms with E-state index in [1.165, 1.54) is 0 Å². The maximum atomic E-state index is 12.1. The molecule has 84 valence electrons. The van der Waals surface area contributed by atoms with E-state index in [0.717, 1.165) is 6.42 Å². The highest BCUT2D eigenvalue weighted by Gasteiger charge is 2.40. The van der Waals surface area contributed by atoms with Crippen molar-refractivity contribution in [2.45, 2.75) is 38.3 Å². The van der Waals surface area contributed by atoms with Gasteiger partial charge >= 0.3 is 0 Å². The Labute approximate surface area is 89.4 Å². The third-order valence-electron chi connectivity index (χ3n) is 3.24. The van der Waals surface area contributed by atoms with Gasteiger partial charge in [-0.25, -0.2) is 5.01 Å². The zero-order valence-electron chi connectivity index (χ0n) is 9.19. The fraction of sp³-hybridized carbons (Fsp3) is 0.800. The summed E-state index contributed by atoms with van der Waals surface area (Å²) in [6.07, 6.45) is 1.95. The summed E-state index contributed by atoms with van der Waals surface area (Å²) in [6.45, 7) is 2.67. The number of fused-ring (bicyclic) bond motifs is 1. The molecule has 0 spiro atoms. The van der Waals surface area contributed by atoms with Gasteiger partial charge in [0.05, 0.1) is 12.1 Å². The zero-order chi connectivity index (χ0) is 11.0. The maximum absolute atomic E-state index is 12.1. The number of hydrogen-bond acceptors (Lipinski definition) is 3. The maximum Gasteiger partial charge on any atom is 0.258 e. The Morgan fingerprint density at radius 2 is 2.07 bits per heavy atom. The van der Waals surface area contributed by atoms with E-state index in [1.54, 1.807) is 17.1 Å². The number of amides is 2. The average Bonchev–Trinajstić information content (AvgIpc) is 2.54. The van der Waals surface area contributed by atoms with E-state index in [9.17, 15) is 9.59 Å². The minimum absolute atomic E-state index is 0.0355. The van der Waals surface area contributed by atoms with Crippen LogP contribution in [0.25, 0.3) is 0 Å². The lowest BCUT2D eigenvalue weighted by Gasteiger charge is -2.30. The molecule has 2 amide bonds. The Bertz CT molecular complexity index is 292. The monoisotopic (exact) mass is 211 g/mol. The molecule has 2 aliphatic heterocycles. The topological polar surface area (TPSA) is 52.7 Å². The van der Waals surface area contributed by atoms with Gasteiger partial charge in [0, 0.05) is 13.0 Å². The van der Waals surface area contributed by atoms with Crippen LogP contribution in [0, 0.1) is 0 Å². The highest BCUT2D eigenvalue weighted by atomic mass is 16.2. The predicted molar refractivity (Wildman–Crippen MR) is 54.7 cm³/mol. The normalized spacial score (nSPS) is 31.9. The lowest BCUT2D eigenvalue weighted by molar-refractivity contribution is -0.158. The molecule has 0 saturated carbocycles. The molecule has 0 bridgehead atoms. The number of hydrogen-bond donors (Lipinski definition) is 1. The lowest BCUT2D eigenvalue weighted by Crippen LogP contribution is -2.51. The van der Waals surface area contributed by atoms with Gasteiger partial charge < -0.3 is 5.32 Å². The first-order valence-corrected chi connectivity index (χ1v) is 5.45. The van der Waals surface area contributed by atoms with E-state index in [1.807, 2.05) is 6.92 Å². The summed E-state index contributed by atoms with van der Waals surface area (Å²) in [5.41, 5.74) is 0. The van der Waals surface area contributed by atoms with E-state index >= 15 is 0 Å². The van der Waals surface area contributed by atoms with Gasteiger partial charge in [0.2, 0.25) is 5.91 Å². The largest absolute Gasteiger partial charge is 0.309 e. The van der Waals surface area contributed by atoms with Crippen molar-refractivity contribution in [3.63, 3.8) is 0 Å². The number of rotatable bonds is 1. The van der Waals surface area contributed by atoms with E-state index in [4.69, 9.17) is 0 Å². The van der Waals surface area contributed by atoms with Crippen LogP contribution in [0.2, 0.25) is 0 Å². The summed E-state index contributed by atoms with van der Waals surface area (Å²) >= 11 is 0. The van der Waals surface area contributed by atoms with E-state index in [0.29, 0.717) is 19.4 Å². The zero-order valence-corrected chi connectivity index (χ0v) is 9.19. The van der Waals surface area contributed by atoms with E-state index in [2.05, 4.69) is 5.32 Å². The first kappa shape index (κ1) is 10.4. The summed E-state index contributed by atoms with van der Waals surface area (Å²) in [5, 5.41) is 6.23. The van der Waals surface area contributed by atoms with Crippen molar-refractivity contribution >= 4 is 11.8 Å². The van der Waals surface area contributed by atoms with Crippen LogP contribution in [0.4, 0.5) is 0 Å². The molecule has 15 heavy (non-hydrogen) atoms. The molecule has 0 aromatic rings. The smallest absolute Gasteiger partial charge is 0.258 e. The number of hydrazine groups is 1. The minimum atomic E-state index is -0.209.